The zero-order valence-corrected chi connectivity index (χ0v) is 11.3. The van der Waals surface area contributed by atoms with Crippen molar-refractivity contribution in [1.29, 1.82) is 0 Å². The number of hydrogen-bond acceptors (Lipinski definition) is 3. The summed E-state index contributed by atoms with van der Waals surface area (Å²) in [6.07, 6.45) is 0.249. The van der Waals surface area contributed by atoms with Crippen LogP contribution in [0.2, 0.25) is 0 Å². The van der Waals surface area contributed by atoms with Crippen LogP contribution in [0.25, 0.3) is 0 Å². The van der Waals surface area contributed by atoms with Crippen LogP contribution in [-0.2, 0) is 11.2 Å². The Morgan fingerprint density at radius 1 is 1.37 bits per heavy atom. The first kappa shape index (κ1) is 14.9. The smallest absolute Gasteiger partial charge is 0.269 e. The molecule has 0 aliphatic heterocycles. The van der Waals surface area contributed by atoms with Crippen LogP contribution in [0.1, 0.15) is 19.4 Å². The Labute approximate surface area is 112 Å². The first-order valence-corrected chi connectivity index (χ1v) is 6.09. The molecule has 0 atom stereocenters. The fraction of sp³-hybridized carbons (Fsp3) is 0.357. The van der Waals surface area contributed by atoms with E-state index in [4.69, 9.17) is 0 Å². The third-order valence-electron chi connectivity index (χ3n) is 2.70. The van der Waals surface area contributed by atoms with Gasteiger partial charge in [0, 0.05) is 25.2 Å². The van der Waals surface area contributed by atoms with Crippen LogP contribution < -0.4 is 0 Å². The van der Waals surface area contributed by atoms with Crippen molar-refractivity contribution in [1.82, 2.24) is 4.90 Å². The number of nitro benzene ring substituents is 1. The number of carbonyl (C=O) groups excluding carboxylic acids is 1. The summed E-state index contributed by atoms with van der Waals surface area (Å²) in [4.78, 5) is 23.8. The normalized spacial score (nSPS) is 10.0. The van der Waals surface area contributed by atoms with Gasteiger partial charge in [0.25, 0.3) is 5.69 Å². The molecular weight excluding hydrogens is 244 g/mol. The van der Waals surface area contributed by atoms with Crippen molar-refractivity contribution < 1.29 is 9.72 Å². The minimum absolute atomic E-state index is 0.000599. The molecule has 1 amide bonds. The standard InChI is InChI=1S/C14H18N2O3/c1-4-15(10-11(2)3)14(17)9-12-5-7-13(8-6-12)16(18)19/h5-8H,2,4,9-10H2,1,3H3. The molecule has 0 unspecified atom stereocenters. The zero-order chi connectivity index (χ0) is 14.4. The van der Waals surface area contributed by atoms with Crippen molar-refractivity contribution in [2.24, 2.45) is 0 Å². The van der Waals surface area contributed by atoms with E-state index < -0.39 is 4.92 Å². The molecule has 0 bridgehead atoms. The van der Waals surface area contributed by atoms with Crippen molar-refractivity contribution in [3.05, 3.63) is 52.1 Å². The SMILES string of the molecule is C=C(C)CN(CC)C(=O)Cc1ccc([N+](=O)[O-])cc1. The van der Waals surface area contributed by atoms with Crippen molar-refractivity contribution in [3.63, 3.8) is 0 Å². The number of benzene rings is 1. The van der Waals surface area contributed by atoms with Gasteiger partial charge in [0.1, 0.15) is 0 Å². The topological polar surface area (TPSA) is 63.5 Å². The van der Waals surface area contributed by atoms with E-state index in [0.29, 0.717) is 13.1 Å². The highest BCUT2D eigenvalue weighted by molar-refractivity contribution is 5.79. The molecule has 0 saturated heterocycles. The molecular formula is C14H18N2O3. The number of nitrogens with zero attached hydrogens (tertiary/aromatic N) is 2. The Bertz CT molecular complexity index is 480. The number of likely N-dealkylation sites (N-methyl/N-ethyl adjacent to an activating group) is 1. The second-order valence-electron chi connectivity index (χ2n) is 4.47. The Balaban J connectivity index is 2.70. The van der Waals surface area contributed by atoms with Crippen molar-refractivity contribution in [2.45, 2.75) is 20.3 Å². The molecule has 0 fully saturated rings. The van der Waals surface area contributed by atoms with Gasteiger partial charge in [-0.25, -0.2) is 0 Å². The number of non-ortho nitro benzene ring substituents is 1. The van der Waals surface area contributed by atoms with Crippen LogP contribution in [0.15, 0.2) is 36.4 Å². The van der Waals surface area contributed by atoms with E-state index in [9.17, 15) is 14.9 Å². The lowest BCUT2D eigenvalue weighted by atomic mass is 10.1. The molecule has 5 nitrogen and oxygen atoms in total. The van der Waals surface area contributed by atoms with Crippen LogP contribution in [0.3, 0.4) is 0 Å². The molecule has 0 radical (unpaired) electrons. The third kappa shape index (κ3) is 4.54. The summed E-state index contributed by atoms with van der Waals surface area (Å²) in [7, 11) is 0. The van der Waals surface area contributed by atoms with Gasteiger partial charge in [-0.15, -0.1) is 0 Å². The van der Waals surface area contributed by atoms with E-state index in [0.717, 1.165) is 11.1 Å². The third-order valence-corrected chi connectivity index (χ3v) is 2.70. The summed E-state index contributed by atoms with van der Waals surface area (Å²) in [5.74, 6) is -0.000599. The fourth-order valence-electron chi connectivity index (χ4n) is 1.72. The van der Waals surface area contributed by atoms with Crippen LogP contribution in [0.5, 0.6) is 0 Å². The number of rotatable bonds is 6. The lowest BCUT2D eigenvalue weighted by Gasteiger charge is -2.20. The molecule has 19 heavy (non-hydrogen) atoms. The van der Waals surface area contributed by atoms with Crippen LogP contribution in [-0.4, -0.2) is 28.8 Å². The number of hydrogen-bond donors (Lipinski definition) is 0. The zero-order valence-electron chi connectivity index (χ0n) is 11.3. The Kier molecular flexibility index (Phi) is 5.23. The van der Waals surface area contributed by atoms with E-state index in [2.05, 4.69) is 6.58 Å². The number of amides is 1. The van der Waals surface area contributed by atoms with Crippen molar-refractivity contribution in [2.75, 3.05) is 13.1 Å². The first-order valence-electron chi connectivity index (χ1n) is 6.09. The molecule has 0 saturated carbocycles. The van der Waals surface area contributed by atoms with Gasteiger partial charge in [-0.1, -0.05) is 24.3 Å². The van der Waals surface area contributed by atoms with Crippen molar-refractivity contribution >= 4 is 11.6 Å². The predicted molar refractivity (Wildman–Crippen MR) is 73.9 cm³/mol. The molecule has 0 spiro atoms. The average Bonchev–Trinajstić information content (AvgIpc) is 2.36. The first-order chi connectivity index (χ1) is 8.93. The average molecular weight is 262 g/mol. The largest absolute Gasteiger partial charge is 0.339 e. The van der Waals surface area contributed by atoms with Gasteiger partial charge in [0.2, 0.25) is 5.91 Å². The lowest BCUT2D eigenvalue weighted by molar-refractivity contribution is -0.384. The highest BCUT2D eigenvalue weighted by atomic mass is 16.6. The predicted octanol–water partition coefficient (Wildman–Crippen LogP) is 2.56. The van der Waals surface area contributed by atoms with Gasteiger partial charge in [0.05, 0.1) is 11.3 Å². The van der Waals surface area contributed by atoms with Crippen molar-refractivity contribution in [3.8, 4) is 0 Å². The van der Waals surface area contributed by atoms with Crippen LogP contribution in [0.4, 0.5) is 5.69 Å². The van der Waals surface area contributed by atoms with Gasteiger partial charge in [0.15, 0.2) is 0 Å². The summed E-state index contributed by atoms with van der Waals surface area (Å²) < 4.78 is 0. The Morgan fingerprint density at radius 3 is 2.37 bits per heavy atom. The molecule has 1 rings (SSSR count). The summed E-state index contributed by atoms with van der Waals surface area (Å²) in [5, 5.41) is 10.5. The maximum atomic E-state index is 12.0. The summed E-state index contributed by atoms with van der Waals surface area (Å²) >= 11 is 0. The summed E-state index contributed by atoms with van der Waals surface area (Å²) in [5.41, 5.74) is 1.74. The quantitative estimate of drug-likeness (QED) is 0.449. The summed E-state index contributed by atoms with van der Waals surface area (Å²) in [6.45, 7) is 8.75. The molecule has 1 aromatic carbocycles. The second-order valence-corrected chi connectivity index (χ2v) is 4.47. The summed E-state index contributed by atoms with van der Waals surface area (Å²) in [6, 6.07) is 6.06. The fourth-order valence-corrected chi connectivity index (χ4v) is 1.72. The molecule has 0 aliphatic carbocycles. The van der Waals surface area contributed by atoms with Crippen LogP contribution >= 0.6 is 0 Å². The molecule has 0 N–H and O–H groups in total. The van der Waals surface area contributed by atoms with Gasteiger partial charge in [-0.2, -0.15) is 0 Å². The maximum absolute atomic E-state index is 12.0. The second kappa shape index (κ2) is 6.68. The molecule has 0 aromatic heterocycles. The molecule has 5 heteroatoms. The molecule has 0 aliphatic rings. The lowest BCUT2D eigenvalue weighted by Crippen LogP contribution is -2.33. The monoisotopic (exact) mass is 262 g/mol. The Morgan fingerprint density at radius 2 is 1.95 bits per heavy atom. The minimum Gasteiger partial charge on any atom is -0.339 e. The van der Waals surface area contributed by atoms with Gasteiger partial charge in [-0.3, -0.25) is 14.9 Å². The van der Waals surface area contributed by atoms with E-state index in [-0.39, 0.29) is 18.0 Å². The molecule has 1 aromatic rings. The molecule has 0 heterocycles. The van der Waals surface area contributed by atoms with E-state index >= 15 is 0 Å². The van der Waals surface area contributed by atoms with E-state index in [1.54, 1.807) is 17.0 Å². The number of carbonyl (C=O) groups is 1. The highest BCUT2D eigenvalue weighted by Crippen LogP contribution is 2.13. The Hall–Kier alpha value is -2.17. The van der Waals surface area contributed by atoms with Gasteiger partial charge >= 0.3 is 0 Å². The van der Waals surface area contributed by atoms with Crippen LogP contribution in [0, 0.1) is 10.1 Å². The van der Waals surface area contributed by atoms with Gasteiger partial charge < -0.3 is 4.90 Å². The number of nitro groups is 1. The van der Waals surface area contributed by atoms with Gasteiger partial charge in [-0.05, 0) is 19.4 Å². The van der Waals surface area contributed by atoms with E-state index in [1.165, 1.54) is 12.1 Å². The maximum Gasteiger partial charge on any atom is 0.269 e. The molecule has 102 valence electrons. The van der Waals surface area contributed by atoms with E-state index in [1.807, 2.05) is 13.8 Å². The minimum atomic E-state index is -0.453. The highest BCUT2D eigenvalue weighted by Gasteiger charge is 2.13.